The minimum Gasteiger partial charge on any atom is -0.375 e. The molecular weight excluding hydrogens is 230 g/mol. The molecule has 1 aromatic rings. The van der Waals surface area contributed by atoms with E-state index in [0.717, 1.165) is 19.0 Å². The number of hydrogen-bond acceptors (Lipinski definition) is 3. The minimum atomic E-state index is 0.358. The number of nitrogens with one attached hydrogen (secondary N) is 1. The first kappa shape index (κ1) is 12.9. The van der Waals surface area contributed by atoms with E-state index in [1.54, 1.807) is 0 Å². The topological polar surface area (TPSA) is 21.3 Å². The van der Waals surface area contributed by atoms with Crippen molar-refractivity contribution >= 4 is 11.8 Å². The van der Waals surface area contributed by atoms with Gasteiger partial charge in [-0.15, -0.1) is 0 Å². The van der Waals surface area contributed by atoms with E-state index >= 15 is 0 Å². The molecule has 1 aliphatic heterocycles. The van der Waals surface area contributed by atoms with Crippen molar-refractivity contribution in [3.05, 3.63) is 35.4 Å². The first-order valence-corrected chi connectivity index (χ1v) is 7.65. The smallest absolute Gasteiger partial charge is 0.0721 e. The van der Waals surface area contributed by atoms with E-state index in [-0.39, 0.29) is 0 Å². The predicted molar refractivity (Wildman–Crippen MR) is 74.4 cm³/mol. The van der Waals surface area contributed by atoms with Crippen LogP contribution in [0.4, 0.5) is 0 Å². The zero-order chi connectivity index (χ0) is 12.1. The lowest BCUT2D eigenvalue weighted by atomic mass is 9.98. The second-order valence-corrected chi connectivity index (χ2v) is 5.40. The van der Waals surface area contributed by atoms with E-state index in [4.69, 9.17) is 4.74 Å². The molecule has 1 aliphatic rings. The van der Waals surface area contributed by atoms with Crippen molar-refractivity contribution in [2.75, 3.05) is 18.6 Å². The molecule has 2 rings (SSSR count). The molecule has 0 bridgehead atoms. The Hall–Kier alpha value is -0.510. The molecule has 17 heavy (non-hydrogen) atoms. The van der Waals surface area contributed by atoms with E-state index in [9.17, 15) is 0 Å². The third kappa shape index (κ3) is 3.24. The summed E-state index contributed by atoms with van der Waals surface area (Å²) in [4.78, 5) is 0. The molecule has 0 aromatic heterocycles. The zero-order valence-corrected chi connectivity index (χ0v) is 11.4. The summed E-state index contributed by atoms with van der Waals surface area (Å²) < 4.78 is 5.66. The van der Waals surface area contributed by atoms with E-state index in [0.29, 0.717) is 12.1 Å². The Balaban J connectivity index is 2.07. The van der Waals surface area contributed by atoms with E-state index in [1.165, 1.54) is 17.5 Å². The van der Waals surface area contributed by atoms with Crippen LogP contribution in [0.25, 0.3) is 0 Å². The van der Waals surface area contributed by atoms with Gasteiger partial charge in [-0.3, -0.25) is 0 Å². The van der Waals surface area contributed by atoms with Crippen LogP contribution in [-0.2, 0) is 11.3 Å². The van der Waals surface area contributed by atoms with Crippen LogP contribution in [0.2, 0.25) is 0 Å². The monoisotopic (exact) mass is 251 g/mol. The number of thioether (sulfide) groups is 1. The molecule has 0 radical (unpaired) electrons. The number of ether oxygens (including phenoxy) is 1. The highest BCUT2D eigenvalue weighted by Crippen LogP contribution is 2.25. The highest BCUT2D eigenvalue weighted by atomic mass is 32.2. The summed E-state index contributed by atoms with van der Waals surface area (Å²) in [6.45, 7) is 3.79. The molecule has 0 saturated carbocycles. The molecule has 0 amide bonds. The standard InChI is InChI=1S/C14H21NOS/c1-3-12(10-17-2)15-14-9-16-8-11-6-4-5-7-13(11)14/h4-7,12,14-15H,3,8-10H2,1-2H3. The molecule has 2 atom stereocenters. The summed E-state index contributed by atoms with van der Waals surface area (Å²) in [5.41, 5.74) is 2.74. The van der Waals surface area contributed by atoms with Crippen LogP contribution in [0.1, 0.15) is 30.5 Å². The summed E-state index contributed by atoms with van der Waals surface area (Å²) in [7, 11) is 0. The Kier molecular flexibility index (Phi) is 4.89. The maximum Gasteiger partial charge on any atom is 0.0721 e. The second kappa shape index (κ2) is 6.43. The van der Waals surface area contributed by atoms with Crippen molar-refractivity contribution in [2.24, 2.45) is 0 Å². The zero-order valence-electron chi connectivity index (χ0n) is 10.6. The van der Waals surface area contributed by atoms with Crippen LogP contribution in [0.3, 0.4) is 0 Å². The maximum atomic E-state index is 5.66. The fraction of sp³-hybridized carbons (Fsp3) is 0.571. The first-order valence-electron chi connectivity index (χ1n) is 6.25. The molecule has 0 spiro atoms. The SMILES string of the molecule is CCC(CSC)NC1COCc2ccccc21. The first-order chi connectivity index (χ1) is 8.35. The van der Waals surface area contributed by atoms with Crippen molar-refractivity contribution in [1.82, 2.24) is 5.32 Å². The van der Waals surface area contributed by atoms with E-state index < -0.39 is 0 Å². The van der Waals surface area contributed by atoms with Gasteiger partial charge >= 0.3 is 0 Å². The summed E-state index contributed by atoms with van der Waals surface area (Å²) in [5.74, 6) is 1.16. The Morgan fingerprint density at radius 1 is 1.47 bits per heavy atom. The Bertz CT molecular complexity index is 356. The lowest BCUT2D eigenvalue weighted by Gasteiger charge is -2.30. The fourth-order valence-electron chi connectivity index (χ4n) is 2.29. The number of rotatable bonds is 5. The van der Waals surface area contributed by atoms with Crippen LogP contribution >= 0.6 is 11.8 Å². The quantitative estimate of drug-likeness (QED) is 0.869. The van der Waals surface area contributed by atoms with Gasteiger partial charge in [0.25, 0.3) is 0 Å². The molecule has 1 aromatic carbocycles. The molecule has 3 heteroatoms. The lowest BCUT2D eigenvalue weighted by molar-refractivity contribution is 0.0791. The van der Waals surface area contributed by atoms with Crippen molar-refractivity contribution in [2.45, 2.75) is 32.0 Å². The summed E-state index contributed by atoms with van der Waals surface area (Å²) >= 11 is 1.90. The van der Waals surface area contributed by atoms with Gasteiger partial charge in [0.05, 0.1) is 19.3 Å². The minimum absolute atomic E-state index is 0.358. The van der Waals surface area contributed by atoms with Crippen molar-refractivity contribution < 1.29 is 4.74 Å². The van der Waals surface area contributed by atoms with E-state index in [2.05, 4.69) is 42.8 Å². The van der Waals surface area contributed by atoms with Gasteiger partial charge < -0.3 is 10.1 Å². The summed E-state index contributed by atoms with van der Waals surface area (Å²) in [6, 6.07) is 9.53. The maximum absolute atomic E-state index is 5.66. The van der Waals surface area contributed by atoms with Gasteiger partial charge in [-0.1, -0.05) is 31.2 Å². The molecule has 94 valence electrons. The molecular formula is C14H21NOS. The average Bonchev–Trinajstić information content (AvgIpc) is 2.38. The van der Waals surface area contributed by atoms with Gasteiger partial charge in [-0.25, -0.2) is 0 Å². The normalized spacial score (nSPS) is 20.9. The molecule has 0 saturated heterocycles. The molecule has 1 N–H and O–H groups in total. The van der Waals surface area contributed by atoms with Gasteiger partial charge in [0.15, 0.2) is 0 Å². The molecule has 2 unspecified atom stereocenters. The van der Waals surface area contributed by atoms with Crippen LogP contribution in [0.15, 0.2) is 24.3 Å². The molecule has 1 heterocycles. The third-order valence-corrected chi connectivity index (χ3v) is 4.01. The lowest BCUT2D eigenvalue weighted by Crippen LogP contribution is -2.38. The third-order valence-electron chi connectivity index (χ3n) is 3.27. The van der Waals surface area contributed by atoms with Gasteiger partial charge in [0.1, 0.15) is 0 Å². The number of hydrogen-bond donors (Lipinski definition) is 1. The summed E-state index contributed by atoms with van der Waals surface area (Å²) in [5, 5.41) is 3.72. The van der Waals surface area contributed by atoms with Crippen molar-refractivity contribution in [3.63, 3.8) is 0 Å². The summed E-state index contributed by atoms with van der Waals surface area (Å²) in [6.07, 6.45) is 3.33. The fourth-order valence-corrected chi connectivity index (χ4v) is 3.02. The van der Waals surface area contributed by atoms with E-state index in [1.807, 2.05) is 11.8 Å². The second-order valence-electron chi connectivity index (χ2n) is 4.49. The number of benzene rings is 1. The predicted octanol–water partition coefficient (Wildman–Crippen LogP) is 2.99. The molecule has 0 fully saturated rings. The van der Waals surface area contributed by atoms with Crippen LogP contribution in [0.5, 0.6) is 0 Å². The van der Waals surface area contributed by atoms with Gasteiger partial charge in [0.2, 0.25) is 0 Å². The number of fused-ring (bicyclic) bond motifs is 1. The Morgan fingerprint density at radius 2 is 2.29 bits per heavy atom. The van der Waals surface area contributed by atoms with Gasteiger partial charge in [0, 0.05) is 11.8 Å². The Labute approximate surface area is 108 Å². The van der Waals surface area contributed by atoms with Crippen molar-refractivity contribution in [3.8, 4) is 0 Å². The molecule has 0 aliphatic carbocycles. The average molecular weight is 251 g/mol. The van der Waals surface area contributed by atoms with Crippen LogP contribution < -0.4 is 5.32 Å². The van der Waals surface area contributed by atoms with Crippen LogP contribution in [-0.4, -0.2) is 24.7 Å². The van der Waals surface area contributed by atoms with Gasteiger partial charge in [-0.2, -0.15) is 11.8 Å². The van der Waals surface area contributed by atoms with Gasteiger partial charge in [-0.05, 0) is 23.8 Å². The van der Waals surface area contributed by atoms with Crippen molar-refractivity contribution in [1.29, 1.82) is 0 Å². The van der Waals surface area contributed by atoms with Crippen LogP contribution in [0, 0.1) is 0 Å². The molecule has 2 nitrogen and oxygen atoms in total. The highest BCUT2D eigenvalue weighted by Gasteiger charge is 2.22. The largest absolute Gasteiger partial charge is 0.375 e. The highest BCUT2D eigenvalue weighted by molar-refractivity contribution is 7.98. The Morgan fingerprint density at radius 3 is 3.06 bits per heavy atom.